The summed E-state index contributed by atoms with van der Waals surface area (Å²) in [6.07, 6.45) is 0.537. The number of carbonyl (C=O) groups excluding carboxylic acids is 1. The Kier molecular flexibility index (Phi) is 5.14. The van der Waals surface area contributed by atoms with Crippen molar-refractivity contribution in [2.75, 3.05) is 5.32 Å². The quantitative estimate of drug-likeness (QED) is 0.801. The molecule has 0 aliphatic heterocycles. The van der Waals surface area contributed by atoms with Crippen molar-refractivity contribution >= 4 is 34.2 Å². The molecule has 0 bridgehead atoms. The minimum absolute atomic E-state index is 0.159. The minimum Gasteiger partial charge on any atom is -0.325 e. The van der Waals surface area contributed by atoms with E-state index in [1.807, 2.05) is 55.5 Å². The first-order valence-electron chi connectivity index (χ1n) is 6.43. The lowest BCUT2D eigenvalue weighted by atomic mass is 10.1. The molecule has 2 aromatic carbocycles. The number of amides is 1. The van der Waals surface area contributed by atoms with Gasteiger partial charge in [0.15, 0.2) is 0 Å². The van der Waals surface area contributed by atoms with Gasteiger partial charge in [0.05, 0.1) is 6.04 Å². The molecule has 0 spiro atoms. The molecule has 2 rings (SSSR count). The fourth-order valence-electron chi connectivity index (χ4n) is 1.87. The summed E-state index contributed by atoms with van der Waals surface area (Å²) in [6, 6.07) is 15.1. The third-order valence-electron chi connectivity index (χ3n) is 3.07. The Hall–Kier alpha value is -1.40. The molecular weight excluding hydrogens is 363 g/mol. The summed E-state index contributed by atoms with van der Waals surface area (Å²) in [5.74, 6) is -0.159. The number of nitrogens with one attached hydrogen (secondary N) is 1. The zero-order chi connectivity index (χ0) is 14.5. The summed E-state index contributed by atoms with van der Waals surface area (Å²) in [7, 11) is 0. The average molecular weight is 380 g/mol. The number of anilines is 1. The second-order valence-electron chi connectivity index (χ2n) is 4.75. The fraction of sp³-hybridized carbons (Fsp3) is 0.188. The second kappa shape index (κ2) is 6.85. The smallest absolute Gasteiger partial charge is 0.241 e. The van der Waals surface area contributed by atoms with E-state index in [4.69, 9.17) is 5.73 Å². The minimum atomic E-state index is -0.545. The number of rotatable bonds is 4. The average Bonchev–Trinajstić information content (AvgIpc) is 2.44. The first kappa shape index (κ1) is 15.0. The van der Waals surface area contributed by atoms with Crippen molar-refractivity contribution < 1.29 is 4.79 Å². The lowest BCUT2D eigenvalue weighted by Crippen LogP contribution is -2.37. The lowest BCUT2D eigenvalue weighted by molar-refractivity contribution is -0.117. The van der Waals surface area contributed by atoms with Gasteiger partial charge in [-0.25, -0.2) is 0 Å². The lowest BCUT2D eigenvalue weighted by Gasteiger charge is -2.13. The van der Waals surface area contributed by atoms with Gasteiger partial charge in [-0.05, 0) is 59.2 Å². The van der Waals surface area contributed by atoms with Crippen molar-refractivity contribution in [3.63, 3.8) is 0 Å². The van der Waals surface area contributed by atoms with Gasteiger partial charge in [0.2, 0.25) is 5.91 Å². The maximum Gasteiger partial charge on any atom is 0.241 e. The highest BCUT2D eigenvalue weighted by Crippen LogP contribution is 2.17. The van der Waals surface area contributed by atoms with Gasteiger partial charge in [-0.15, -0.1) is 0 Å². The molecule has 1 atom stereocenters. The van der Waals surface area contributed by atoms with E-state index >= 15 is 0 Å². The summed E-state index contributed by atoms with van der Waals surface area (Å²) < 4.78 is 1.12. The number of halogens is 1. The third kappa shape index (κ3) is 4.05. The SMILES string of the molecule is Cc1ccc(NC(=O)[C@H](N)Cc2ccccc2)cc1I. The normalized spacial score (nSPS) is 11.9. The van der Waals surface area contributed by atoms with Crippen LogP contribution in [0.5, 0.6) is 0 Å². The van der Waals surface area contributed by atoms with Crippen molar-refractivity contribution in [3.8, 4) is 0 Å². The van der Waals surface area contributed by atoms with Crippen LogP contribution < -0.4 is 11.1 Å². The van der Waals surface area contributed by atoms with Crippen LogP contribution in [0.15, 0.2) is 48.5 Å². The van der Waals surface area contributed by atoms with E-state index < -0.39 is 6.04 Å². The van der Waals surface area contributed by atoms with Crippen LogP contribution in [-0.2, 0) is 11.2 Å². The topological polar surface area (TPSA) is 55.1 Å². The Morgan fingerprint density at radius 3 is 2.60 bits per heavy atom. The van der Waals surface area contributed by atoms with Crippen molar-refractivity contribution in [1.82, 2.24) is 0 Å². The molecule has 0 radical (unpaired) electrons. The summed E-state index contributed by atoms with van der Waals surface area (Å²) in [6.45, 7) is 2.04. The maximum atomic E-state index is 12.1. The molecule has 0 saturated heterocycles. The number of aryl methyl sites for hydroxylation is 1. The summed E-state index contributed by atoms with van der Waals surface area (Å²) in [4.78, 5) is 12.1. The molecule has 0 aromatic heterocycles. The number of carbonyl (C=O) groups is 1. The molecule has 0 fully saturated rings. The van der Waals surface area contributed by atoms with Crippen LogP contribution >= 0.6 is 22.6 Å². The molecule has 0 aliphatic carbocycles. The molecule has 1 amide bonds. The highest BCUT2D eigenvalue weighted by atomic mass is 127. The molecule has 4 heteroatoms. The molecule has 0 saturated carbocycles. The number of nitrogens with two attached hydrogens (primary N) is 1. The standard InChI is InChI=1S/C16H17IN2O/c1-11-7-8-13(10-14(11)17)19-16(20)15(18)9-12-5-3-2-4-6-12/h2-8,10,15H,9,18H2,1H3,(H,19,20)/t15-/m1/s1. The molecule has 0 unspecified atom stereocenters. The molecule has 2 aromatic rings. The predicted molar refractivity (Wildman–Crippen MR) is 90.6 cm³/mol. The molecular formula is C16H17IN2O. The van der Waals surface area contributed by atoms with E-state index in [1.165, 1.54) is 5.56 Å². The maximum absolute atomic E-state index is 12.1. The number of benzene rings is 2. The van der Waals surface area contributed by atoms with Gasteiger partial charge >= 0.3 is 0 Å². The van der Waals surface area contributed by atoms with Crippen LogP contribution in [0.1, 0.15) is 11.1 Å². The van der Waals surface area contributed by atoms with Gasteiger partial charge in [0.25, 0.3) is 0 Å². The summed E-state index contributed by atoms with van der Waals surface area (Å²) >= 11 is 2.25. The summed E-state index contributed by atoms with van der Waals surface area (Å²) in [5, 5.41) is 2.86. The predicted octanol–water partition coefficient (Wildman–Crippen LogP) is 3.11. The van der Waals surface area contributed by atoms with Gasteiger partial charge in [-0.2, -0.15) is 0 Å². The van der Waals surface area contributed by atoms with E-state index in [0.717, 1.165) is 14.8 Å². The first-order chi connectivity index (χ1) is 9.56. The molecule has 20 heavy (non-hydrogen) atoms. The van der Waals surface area contributed by atoms with E-state index in [-0.39, 0.29) is 5.91 Å². The zero-order valence-corrected chi connectivity index (χ0v) is 13.4. The third-order valence-corrected chi connectivity index (χ3v) is 4.24. The van der Waals surface area contributed by atoms with Crippen molar-refractivity contribution in [1.29, 1.82) is 0 Å². The van der Waals surface area contributed by atoms with Crippen molar-refractivity contribution in [3.05, 3.63) is 63.2 Å². The van der Waals surface area contributed by atoms with Crippen molar-refractivity contribution in [2.45, 2.75) is 19.4 Å². The Morgan fingerprint density at radius 2 is 1.95 bits per heavy atom. The highest BCUT2D eigenvalue weighted by Gasteiger charge is 2.14. The molecule has 0 aliphatic rings. The fourth-order valence-corrected chi connectivity index (χ4v) is 2.38. The van der Waals surface area contributed by atoms with Gasteiger partial charge in [-0.3, -0.25) is 4.79 Å². The molecule has 104 valence electrons. The Morgan fingerprint density at radius 1 is 1.25 bits per heavy atom. The van der Waals surface area contributed by atoms with E-state index in [2.05, 4.69) is 27.9 Å². The Labute approximate surface area is 132 Å². The van der Waals surface area contributed by atoms with E-state index in [9.17, 15) is 4.79 Å². The second-order valence-corrected chi connectivity index (χ2v) is 5.91. The first-order valence-corrected chi connectivity index (χ1v) is 7.50. The highest BCUT2D eigenvalue weighted by molar-refractivity contribution is 14.1. The number of hydrogen-bond donors (Lipinski definition) is 2. The van der Waals surface area contributed by atoms with Gasteiger partial charge in [0.1, 0.15) is 0 Å². The Balaban J connectivity index is 1.99. The largest absolute Gasteiger partial charge is 0.325 e. The van der Waals surface area contributed by atoms with Crippen LogP contribution in [0.25, 0.3) is 0 Å². The monoisotopic (exact) mass is 380 g/mol. The van der Waals surface area contributed by atoms with Gasteiger partial charge < -0.3 is 11.1 Å². The van der Waals surface area contributed by atoms with Gasteiger partial charge in [0, 0.05) is 9.26 Å². The van der Waals surface area contributed by atoms with Crippen LogP contribution in [0.3, 0.4) is 0 Å². The van der Waals surface area contributed by atoms with E-state index in [1.54, 1.807) is 0 Å². The van der Waals surface area contributed by atoms with Crippen LogP contribution in [-0.4, -0.2) is 11.9 Å². The summed E-state index contributed by atoms with van der Waals surface area (Å²) in [5.41, 5.74) is 8.99. The van der Waals surface area contributed by atoms with Gasteiger partial charge in [-0.1, -0.05) is 36.4 Å². The zero-order valence-electron chi connectivity index (χ0n) is 11.3. The van der Waals surface area contributed by atoms with Crippen molar-refractivity contribution in [2.24, 2.45) is 5.73 Å². The number of hydrogen-bond acceptors (Lipinski definition) is 2. The van der Waals surface area contributed by atoms with Crippen LogP contribution in [0.4, 0.5) is 5.69 Å². The molecule has 3 nitrogen and oxygen atoms in total. The van der Waals surface area contributed by atoms with E-state index in [0.29, 0.717) is 6.42 Å². The van der Waals surface area contributed by atoms with Crippen LogP contribution in [0.2, 0.25) is 0 Å². The molecule has 3 N–H and O–H groups in total. The van der Waals surface area contributed by atoms with Crippen LogP contribution in [0, 0.1) is 10.5 Å². The molecule has 0 heterocycles. The Bertz CT molecular complexity index is 599.